The lowest BCUT2D eigenvalue weighted by Crippen LogP contribution is -2.49. The molecule has 5 rings (SSSR count). The molecule has 1 aliphatic heterocycles. The van der Waals surface area contributed by atoms with Crippen molar-refractivity contribution in [2.24, 2.45) is 17.3 Å². The first-order valence-electron chi connectivity index (χ1n) is 10.5. The second-order valence-corrected chi connectivity index (χ2v) is 9.58. The molecule has 0 unspecified atom stereocenters. The van der Waals surface area contributed by atoms with Crippen molar-refractivity contribution in [3.63, 3.8) is 0 Å². The summed E-state index contributed by atoms with van der Waals surface area (Å²) in [5.41, 5.74) is 4.99. The quantitative estimate of drug-likeness (QED) is 0.694. The van der Waals surface area contributed by atoms with Gasteiger partial charge in [0, 0.05) is 18.3 Å². The van der Waals surface area contributed by atoms with Crippen molar-refractivity contribution < 1.29 is 14.6 Å². The zero-order chi connectivity index (χ0) is 18.2. The van der Waals surface area contributed by atoms with Crippen molar-refractivity contribution in [3.05, 3.63) is 34.9 Å². The highest BCUT2D eigenvalue weighted by atomic mass is 16.7. The number of aliphatic hydroxyl groups is 1. The predicted molar refractivity (Wildman–Crippen MR) is 102 cm³/mol. The van der Waals surface area contributed by atoms with E-state index in [1.165, 1.54) is 12.8 Å². The molecule has 142 valence electrons. The molecule has 0 aromatic heterocycles. The van der Waals surface area contributed by atoms with Crippen molar-refractivity contribution in [1.82, 2.24) is 0 Å². The fourth-order valence-electron chi connectivity index (χ4n) is 7.01. The average molecular weight is 357 g/mol. The molecule has 1 saturated heterocycles. The first kappa shape index (κ1) is 17.2. The minimum atomic E-state index is -0.698. The Morgan fingerprint density at radius 1 is 1.19 bits per heavy atom. The molecule has 0 amide bonds. The summed E-state index contributed by atoms with van der Waals surface area (Å²) in [5, 5.41) is 11.4. The van der Waals surface area contributed by atoms with E-state index in [1.54, 1.807) is 16.7 Å². The van der Waals surface area contributed by atoms with Crippen LogP contribution in [0.2, 0.25) is 0 Å². The van der Waals surface area contributed by atoms with E-state index < -0.39 is 5.60 Å². The normalized spacial score (nSPS) is 43.7. The molecule has 2 fully saturated rings. The van der Waals surface area contributed by atoms with Gasteiger partial charge in [0.1, 0.15) is 0 Å². The molecule has 5 aliphatic rings. The lowest BCUT2D eigenvalue weighted by atomic mass is 9.55. The van der Waals surface area contributed by atoms with Crippen LogP contribution in [-0.4, -0.2) is 29.7 Å². The molecule has 1 spiro atoms. The monoisotopic (exact) mass is 356 g/mol. The van der Waals surface area contributed by atoms with Gasteiger partial charge in [0.15, 0.2) is 5.79 Å². The second kappa shape index (κ2) is 5.56. The lowest BCUT2D eigenvalue weighted by Gasteiger charge is -2.51. The molecule has 0 aromatic carbocycles. The highest BCUT2D eigenvalue weighted by Gasteiger charge is 2.60. The van der Waals surface area contributed by atoms with Crippen LogP contribution in [0, 0.1) is 17.3 Å². The summed E-state index contributed by atoms with van der Waals surface area (Å²) < 4.78 is 12.0. The van der Waals surface area contributed by atoms with Gasteiger partial charge < -0.3 is 14.6 Å². The summed E-state index contributed by atoms with van der Waals surface area (Å²) in [4.78, 5) is 0. The van der Waals surface area contributed by atoms with Gasteiger partial charge >= 0.3 is 0 Å². The van der Waals surface area contributed by atoms with Crippen LogP contribution in [0.25, 0.3) is 0 Å². The molecule has 1 N–H and O–H groups in total. The molecule has 1 saturated carbocycles. The highest BCUT2D eigenvalue weighted by molar-refractivity contribution is 5.45. The number of hydrogen-bond donors (Lipinski definition) is 1. The SMILES string of the molecule is C=C(C)[C@]1(O)CC[C@H]2[C@@H]3CCC4=C(CCC5(C4)OCCO5)C3=CC[C@@]21C. The van der Waals surface area contributed by atoms with Gasteiger partial charge in [-0.25, -0.2) is 0 Å². The second-order valence-electron chi connectivity index (χ2n) is 9.58. The minimum Gasteiger partial charge on any atom is -0.385 e. The molecule has 0 bridgehead atoms. The van der Waals surface area contributed by atoms with E-state index in [0.717, 1.165) is 57.3 Å². The van der Waals surface area contributed by atoms with Gasteiger partial charge in [-0.1, -0.05) is 25.2 Å². The fraction of sp³-hybridized carbons (Fsp3) is 0.739. The summed E-state index contributed by atoms with van der Waals surface area (Å²) in [6, 6.07) is 0. The topological polar surface area (TPSA) is 38.7 Å². The van der Waals surface area contributed by atoms with Gasteiger partial charge in [-0.3, -0.25) is 0 Å². The van der Waals surface area contributed by atoms with Gasteiger partial charge in [0.25, 0.3) is 0 Å². The Kier molecular flexibility index (Phi) is 3.68. The van der Waals surface area contributed by atoms with E-state index in [1.807, 2.05) is 6.92 Å². The molecular weight excluding hydrogens is 324 g/mol. The van der Waals surface area contributed by atoms with Gasteiger partial charge in [-0.2, -0.15) is 0 Å². The Balaban J connectivity index is 1.49. The molecule has 1 heterocycles. The van der Waals surface area contributed by atoms with E-state index >= 15 is 0 Å². The number of ether oxygens (including phenoxy) is 2. The smallest absolute Gasteiger partial charge is 0.172 e. The third kappa shape index (κ3) is 2.11. The molecular formula is C23H32O3. The summed E-state index contributed by atoms with van der Waals surface area (Å²) in [5.74, 6) is 0.872. The van der Waals surface area contributed by atoms with Crippen LogP contribution in [-0.2, 0) is 9.47 Å². The van der Waals surface area contributed by atoms with Crippen LogP contribution < -0.4 is 0 Å². The van der Waals surface area contributed by atoms with E-state index in [4.69, 9.17) is 9.47 Å². The van der Waals surface area contributed by atoms with Crippen molar-refractivity contribution in [2.45, 2.75) is 76.6 Å². The third-order valence-electron chi connectivity index (χ3n) is 8.50. The van der Waals surface area contributed by atoms with Crippen LogP contribution in [0.3, 0.4) is 0 Å². The first-order chi connectivity index (χ1) is 12.4. The van der Waals surface area contributed by atoms with Crippen LogP contribution >= 0.6 is 0 Å². The molecule has 3 nitrogen and oxygen atoms in total. The van der Waals surface area contributed by atoms with Crippen LogP contribution in [0.4, 0.5) is 0 Å². The Morgan fingerprint density at radius 2 is 1.96 bits per heavy atom. The number of rotatable bonds is 1. The first-order valence-corrected chi connectivity index (χ1v) is 10.5. The van der Waals surface area contributed by atoms with Crippen molar-refractivity contribution in [2.75, 3.05) is 13.2 Å². The maximum absolute atomic E-state index is 11.4. The Bertz CT molecular complexity index is 711. The van der Waals surface area contributed by atoms with Gasteiger partial charge in [-0.15, -0.1) is 0 Å². The summed E-state index contributed by atoms with van der Waals surface area (Å²) >= 11 is 0. The largest absolute Gasteiger partial charge is 0.385 e. The maximum atomic E-state index is 11.4. The number of allylic oxidation sites excluding steroid dienone is 3. The van der Waals surface area contributed by atoms with Crippen molar-refractivity contribution in [3.8, 4) is 0 Å². The van der Waals surface area contributed by atoms with Crippen molar-refractivity contribution >= 4 is 0 Å². The summed E-state index contributed by atoms with van der Waals surface area (Å²) in [7, 11) is 0. The molecule has 4 aliphatic carbocycles. The van der Waals surface area contributed by atoms with E-state index in [-0.39, 0.29) is 11.2 Å². The summed E-state index contributed by atoms with van der Waals surface area (Å²) in [6.45, 7) is 9.96. The Hall–Kier alpha value is -0.900. The fourth-order valence-corrected chi connectivity index (χ4v) is 7.01. The zero-order valence-electron chi connectivity index (χ0n) is 16.3. The van der Waals surface area contributed by atoms with Gasteiger partial charge in [0.05, 0.1) is 18.8 Å². The zero-order valence-corrected chi connectivity index (χ0v) is 16.3. The van der Waals surface area contributed by atoms with E-state index in [9.17, 15) is 5.11 Å². The third-order valence-corrected chi connectivity index (χ3v) is 8.50. The lowest BCUT2D eigenvalue weighted by molar-refractivity contribution is -0.164. The highest BCUT2D eigenvalue weighted by Crippen LogP contribution is 2.64. The Morgan fingerprint density at radius 3 is 2.69 bits per heavy atom. The van der Waals surface area contributed by atoms with E-state index in [0.29, 0.717) is 11.8 Å². The van der Waals surface area contributed by atoms with Crippen molar-refractivity contribution in [1.29, 1.82) is 0 Å². The molecule has 26 heavy (non-hydrogen) atoms. The van der Waals surface area contributed by atoms with E-state index in [2.05, 4.69) is 19.6 Å². The van der Waals surface area contributed by atoms with Gasteiger partial charge in [-0.05, 0) is 74.0 Å². The predicted octanol–water partition coefficient (Wildman–Crippen LogP) is 4.67. The number of fused-ring (bicyclic) bond motifs is 4. The standard InChI is InChI=1S/C23H32O3/c1-15(2)23(24)11-8-20-19-5-4-16-14-22(25-12-13-26-22)10-7-17(16)18(19)6-9-21(20,23)3/h6,19-20,24H,1,4-5,7-14H2,2-3H3/t19-,20+,21+,23-/m1/s1. The Labute approximate surface area is 157 Å². The number of hydrogen-bond acceptors (Lipinski definition) is 3. The molecule has 0 aromatic rings. The van der Waals surface area contributed by atoms with Crippen LogP contribution in [0.1, 0.15) is 65.2 Å². The molecule has 4 atom stereocenters. The molecule has 3 heteroatoms. The van der Waals surface area contributed by atoms with Crippen LogP contribution in [0.15, 0.2) is 34.9 Å². The average Bonchev–Trinajstić information content (AvgIpc) is 3.18. The summed E-state index contributed by atoms with van der Waals surface area (Å²) in [6.07, 6.45) is 10.9. The molecule has 0 radical (unpaired) electrons. The minimum absolute atomic E-state index is 0.0569. The maximum Gasteiger partial charge on any atom is 0.172 e. The van der Waals surface area contributed by atoms with Crippen LogP contribution in [0.5, 0.6) is 0 Å². The van der Waals surface area contributed by atoms with Gasteiger partial charge in [0.2, 0.25) is 0 Å².